The highest BCUT2D eigenvalue weighted by molar-refractivity contribution is 9.10. The van der Waals surface area contributed by atoms with E-state index in [-0.39, 0.29) is 11.3 Å². The Morgan fingerprint density at radius 2 is 1.67 bits per heavy atom. The highest BCUT2D eigenvalue weighted by atomic mass is 79.9. The number of hydrogen-bond acceptors (Lipinski definition) is 3. The molecule has 3 aromatic rings. The van der Waals surface area contributed by atoms with Crippen molar-refractivity contribution in [3.63, 3.8) is 0 Å². The van der Waals surface area contributed by atoms with Crippen LogP contribution in [0.15, 0.2) is 70.2 Å². The predicted molar refractivity (Wildman–Crippen MR) is 99.4 cm³/mol. The summed E-state index contributed by atoms with van der Waals surface area (Å²) < 4.78 is 0.976. The van der Waals surface area contributed by atoms with Gasteiger partial charge in [0.25, 0.3) is 5.91 Å². The van der Waals surface area contributed by atoms with Crippen LogP contribution in [0.1, 0.15) is 22.8 Å². The molecule has 0 aliphatic carbocycles. The van der Waals surface area contributed by atoms with E-state index in [0.29, 0.717) is 5.71 Å². The minimum absolute atomic E-state index is 0.0669. The molecule has 0 aromatic heterocycles. The van der Waals surface area contributed by atoms with Crippen molar-refractivity contribution in [2.45, 2.75) is 6.92 Å². The van der Waals surface area contributed by atoms with E-state index in [1.165, 1.54) is 0 Å². The molecule has 120 valence electrons. The Kier molecular flexibility index (Phi) is 4.62. The van der Waals surface area contributed by atoms with Gasteiger partial charge in [-0.3, -0.25) is 4.79 Å². The normalized spacial score (nSPS) is 11.5. The molecule has 0 radical (unpaired) electrons. The first-order valence-electron chi connectivity index (χ1n) is 7.37. The maximum Gasteiger partial charge on any atom is 0.275 e. The van der Waals surface area contributed by atoms with E-state index >= 15 is 0 Å². The summed E-state index contributed by atoms with van der Waals surface area (Å²) in [6.45, 7) is 1.81. The topological polar surface area (TPSA) is 61.7 Å². The van der Waals surface area contributed by atoms with Crippen molar-refractivity contribution in [2.24, 2.45) is 5.10 Å². The van der Waals surface area contributed by atoms with Crippen LogP contribution in [-0.2, 0) is 0 Å². The quantitative estimate of drug-likeness (QED) is 0.518. The number of halogens is 1. The number of nitrogens with one attached hydrogen (secondary N) is 1. The Morgan fingerprint density at radius 1 is 1.04 bits per heavy atom. The average Bonchev–Trinajstić information content (AvgIpc) is 2.59. The van der Waals surface area contributed by atoms with E-state index in [0.717, 1.165) is 20.8 Å². The molecule has 0 aliphatic heterocycles. The fraction of sp³-hybridized carbons (Fsp3) is 0.0526. The van der Waals surface area contributed by atoms with Crippen molar-refractivity contribution in [3.05, 3.63) is 76.3 Å². The second kappa shape index (κ2) is 6.84. The number of carbonyl (C=O) groups excluding carboxylic acids is 1. The van der Waals surface area contributed by atoms with Crippen LogP contribution in [0.5, 0.6) is 5.75 Å². The molecule has 0 heterocycles. The Balaban J connectivity index is 1.83. The summed E-state index contributed by atoms with van der Waals surface area (Å²) in [4.78, 5) is 12.3. The van der Waals surface area contributed by atoms with E-state index in [1.54, 1.807) is 12.1 Å². The van der Waals surface area contributed by atoms with Crippen molar-refractivity contribution < 1.29 is 9.90 Å². The Labute approximate surface area is 148 Å². The first kappa shape index (κ1) is 16.2. The number of phenols is 1. The van der Waals surface area contributed by atoms with E-state index in [2.05, 4.69) is 26.5 Å². The van der Waals surface area contributed by atoms with Gasteiger partial charge in [-0.2, -0.15) is 5.10 Å². The molecule has 0 fully saturated rings. The molecule has 3 aromatic carbocycles. The Bertz CT molecular complexity index is 934. The largest absolute Gasteiger partial charge is 0.507 e. The number of fused-ring (bicyclic) bond motifs is 1. The lowest BCUT2D eigenvalue weighted by Gasteiger charge is -2.07. The van der Waals surface area contributed by atoms with Gasteiger partial charge in [0, 0.05) is 4.47 Å². The third-order valence-corrected chi connectivity index (χ3v) is 4.22. The molecule has 2 N–H and O–H groups in total. The zero-order valence-corrected chi connectivity index (χ0v) is 14.5. The number of nitrogens with zero attached hydrogens (tertiary/aromatic N) is 1. The third-order valence-electron chi connectivity index (χ3n) is 3.70. The van der Waals surface area contributed by atoms with Crippen LogP contribution < -0.4 is 5.43 Å². The van der Waals surface area contributed by atoms with Crippen LogP contribution >= 0.6 is 15.9 Å². The lowest BCUT2D eigenvalue weighted by Crippen LogP contribution is -2.19. The number of phenolic OH excluding ortho intramolecular Hbond substituents is 1. The molecule has 3 rings (SSSR count). The van der Waals surface area contributed by atoms with E-state index in [1.807, 2.05) is 55.5 Å². The molecule has 0 saturated carbocycles. The Morgan fingerprint density at radius 3 is 2.33 bits per heavy atom. The third kappa shape index (κ3) is 3.46. The summed E-state index contributed by atoms with van der Waals surface area (Å²) in [6.07, 6.45) is 0. The first-order chi connectivity index (χ1) is 11.5. The lowest BCUT2D eigenvalue weighted by molar-refractivity contribution is 0.0952. The van der Waals surface area contributed by atoms with E-state index < -0.39 is 5.91 Å². The molecule has 0 saturated heterocycles. The molecule has 24 heavy (non-hydrogen) atoms. The minimum atomic E-state index is -0.449. The standard InChI is InChI=1S/C19H15BrN2O2/c1-12(13-6-8-16(20)9-7-13)21-22-19(24)17-10-14-4-2-3-5-15(14)11-18(17)23/h2-11,23H,1H3,(H,22,24). The number of hydrogen-bond donors (Lipinski definition) is 2. The highest BCUT2D eigenvalue weighted by Gasteiger charge is 2.12. The molecule has 0 unspecified atom stereocenters. The second-order valence-electron chi connectivity index (χ2n) is 5.36. The smallest absolute Gasteiger partial charge is 0.275 e. The van der Waals surface area contributed by atoms with Gasteiger partial charge in [0.2, 0.25) is 0 Å². The van der Waals surface area contributed by atoms with Gasteiger partial charge in [0.05, 0.1) is 11.3 Å². The zero-order chi connectivity index (χ0) is 17.1. The number of amides is 1. The zero-order valence-electron chi connectivity index (χ0n) is 13.0. The molecule has 0 aliphatic rings. The number of benzene rings is 3. The van der Waals surface area contributed by atoms with Crippen molar-refractivity contribution in [1.82, 2.24) is 5.43 Å². The summed E-state index contributed by atoms with van der Waals surface area (Å²) in [5, 5.41) is 15.9. The number of hydrazone groups is 1. The van der Waals surface area contributed by atoms with Gasteiger partial charge < -0.3 is 5.11 Å². The van der Waals surface area contributed by atoms with Gasteiger partial charge in [-0.25, -0.2) is 5.43 Å². The molecular weight excluding hydrogens is 368 g/mol. The van der Waals surface area contributed by atoms with Crippen LogP contribution in [0.3, 0.4) is 0 Å². The SMILES string of the molecule is CC(=NNC(=O)c1cc2ccccc2cc1O)c1ccc(Br)cc1. The monoisotopic (exact) mass is 382 g/mol. The Hall–Kier alpha value is -2.66. The van der Waals surface area contributed by atoms with Crippen LogP contribution in [0.4, 0.5) is 0 Å². The van der Waals surface area contributed by atoms with Gasteiger partial charge >= 0.3 is 0 Å². The lowest BCUT2D eigenvalue weighted by atomic mass is 10.1. The number of rotatable bonds is 3. The average molecular weight is 383 g/mol. The summed E-state index contributed by atoms with van der Waals surface area (Å²) in [6, 6.07) is 18.4. The highest BCUT2D eigenvalue weighted by Crippen LogP contribution is 2.24. The maximum atomic E-state index is 12.3. The van der Waals surface area contributed by atoms with E-state index in [9.17, 15) is 9.90 Å². The number of aromatic hydroxyl groups is 1. The van der Waals surface area contributed by atoms with Crippen LogP contribution in [0.25, 0.3) is 10.8 Å². The van der Waals surface area contributed by atoms with Gasteiger partial charge in [0.15, 0.2) is 0 Å². The molecule has 0 spiro atoms. The van der Waals surface area contributed by atoms with Gasteiger partial charge in [0.1, 0.15) is 5.75 Å². The molecule has 0 bridgehead atoms. The minimum Gasteiger partial charge on any atom is -0.507 e. The maximum absolute atomic E-state index is 12.3. The first-order valence-corrected chi connectivity index (χ1v) is 8.16. The predicted octanol–water partition coefficient (Wildman–Crippen LogP) is 4.46. The van der Waals surface area contributed by atoms with Gasteiger partial charge in [-0.15, -0.1) is 0 Å². The number of carbonyl (C=O) groups is 1. The van der Waals surface area contributed by atoms with Crippen molar-refractivity contribution >= 4 is 38.3 Å². The summed E-state index contributed by atoms with van der Waals surface area (Å²) in [5.41, 5.74) is 4.27. The molecule has 5 heteroatoms. The van der Waals surface area contributed by atoms with Crippen molar-refractivity contribution in [2.75, 3.05) is 0 Å². The summed E-state index contributed by atoms with van der Waals surface area (Å²) >= 11 is 3.38. The van der Waals surface area contributed by atoms with Gasteiger partial charge in [-0.05, 0) is 47.5 Å². The van der Waals surface area contributed by atoms with Gasteiger partial charge in [-0.1, -0.05) is 52.3 Å². The summed E-state index contributed by atoms with van der Waals surface area (Å²) in [5.74, 6) is -0.516. The van der Waals surface area contributed by atoms with Crippen LogP contribution in [0, 0.1) is 0 Å². The second-order valence-corrected chi connectivity index (χ2v) is 6.28. The molecule has 0 atom stereocenters. The molecule has 1 amide bonds. The fourth-order valence-electron chi connectivity index (χ4n) is 2.36. The van der Waals surface area contributed by atoms with Crippen molar-refractivity contribution in [1.29, 1.82) is 0 Å². The summed E-state index contributed by atoms with van der Waals surface area (Å²) in [7, 11) is 0. The molecular formula is C19H15BrN2O2. The fourth-order valence-corrected chi connectivity index (χ4v) is 2.62. The van der Waals surface area contributed by atoms with Crippen LogP contribution in [0.2, 0.25) is 0 Å². The van der Waals surface area contributed by atoms with E-state index in [4.69, 9.17) is 0 Å². The van der Waals surface area contributed by atoms with Crippen LogP contribution in [-0.4, -0.2) is 16.7 Å². The molecule has 4 nitrogen and oxygen atoms in total. The van der Waals surface area contributed by atoms with Crippen molar-refractivity contribution in [3.8, 4) is 5.75 Å².